The van der Waals surface area contributed by atoms with Crippen molar-refractivity contribution < 1.29 is 24.1 Å². The number of hydrogen-bond acceptors (Lipinski definition) is 4. The maximum absolute atomic E-state index is 11.2. The third kappa shape index (κ3) is 12.4. The Morgan fingerprint density at radius 3 is 1.67 bits per heavy atom. The van der Waals surface area contributed by atoms with Crippen LogP contribution in [0.1, 0.15) is 105 Å². The largest absolute Gasteiger partial charge is 0.481 e. The van der Waals surface area contributed by atoms with Crippen molar-refractivity contribution in [3.63, 3.8) is 0 Å². The van der Waals surface area contributed by atoms with Gasteiger partial charge in [-0.1, -0.05) is 66.2 Å². The Balaban J connectivity index is 5.13. The summed E-state index contributed by atoms with van der Waals surface area (Å²) in [5, 5.41) is 9.20. The first-order valence-corrected chi connectivity index (χ1v) is 11.2. The minimum absolute atomic E-state index is 0.0653. The van der Waals surface area contributed by atoms with Gasteiger partial charge < -0.3 is 19.3 Å². The van der Waals surface area contributed by atoms with Gasteiger partial charge in [0.15, 0.2) is 0 Å². The maximum atomic E-state index is 11.2. The third-order valence-electron chi connectivity index (χ3n) is 4.63. The molecule has 0 saturated carbocycles. The van der Waals surface area contributed by atoms with Crippen molar-refractivity contribution in [1.29, 1.82) is 0 Å². The molecular formula is C22H44O5. The van der Waals surface area contributed by atoms with Gasteiger partial charge in [0.1, 0.15) is 0 Å². The van der Waals surface area contributed by atoms with Gasteiger partial charge in [0.2, 0.25) is 0 Å². The first-order chi connectivity index (χ1) is 13.1. The maximum Gasteiger partial charge on any atom is 0.303 e. The number of hydrogen-bond donors (Lipinski definition) is 1. The van der Waals surface area contributed by atoms with E-state index in [2.05, 4.69) is 27.7 Å². The van der Waals surface area contributed by atoms with Crippen LogP contribution in [0.5, 0.6) is 0 Å². The van der Waals surface area contributed by atoms with E-state index in [0.29, 0.717) is 26.2 Å². The normalized spacial score (nSPS) is 13.0. The van der Waals surface area contributed by atoms with Gasteiger partial charge in [-0.15, -0.1) is 0 Å². The zero-order valence-corrected chi connectivity index (χ0v) is 18.3. The quantitative estimate of drug-likeness (QED) is 0.200. The molecule has 0 bridgehead atoms. The molecule has 1 atom stereocenters. The van der Waals surface area contributed by atoms with Crippen LogP contribution in [0.4, 0.5) is 0 Å². The first-order valence-electron chi connectivity index (χ1n) is 11.2. The molecule has 0 amide bonds. The molecule has 0 rings (SSSR count). The molecule has 162 valence electrons. The average Bonchev–Trinajstić information content (AvgIpc) is 2.66. The van der Waals surface area contributed by atoms with Gasteiger partial charge in [-0.3, -0.25) is 4.79 Å². The molecule has 0 aliphatic heterocycles. The Bertz CT molecular complexity index is 324. The summed E-state index contributed by atoms with van der Waals surface area (Å²) >= 11 is 0. The van der Waals surface area contributed by atoms with Crippen LogP contribution in [-0.2, 0) is 19.0 Å². The lowest BCUT2D eigenvalue weighted by Crippen LogP contribution is -2.47. The Hall–Kier alpha value is -0.650. The summed E-state index contributed by atoms with van der Waals surface area (Å²) in [6.07, 6.45) is 11.3. The Labute approximate surface area is 167 Å². The Morgan fingerprint density at radius 2 is 1.22 bits per heavy atom. The highest BCUT2D eigenvalue weighted by atomic mass is 16.9. The van der Waals surface area contributed by atoms with Gasteiger partial charge in [0.25, 0.3) is 5.97 Å². The number of carboxylic acid groups (broad SMARTS) is 1. The number of carbonyl (C=O) groups is 1. The van der Waals surface area contributed by atoms with E-state index in [1.165, 1.54) is 25.7 Å². The summed E-state index contributed by atoms with van der Waals surface area (Å²) in [4.78, 5) is 11.2. The predicted octanol–water partition coefficient (Wildman–Crippen LogP) is 6.15. The van der Waals surface area contributed by atoms with Gasteiger partial charge in [-0.25, -0.2) is 0 Å². The van der Waals surface area contributed by atoms with Crippen molar-refractivity contribution in [1.82, 2.24) is 0 Å². The summed E-state index contributed by atoms with van der Waals surface area (Å²) in [6, 6.07) is 0. The second-order valence-electron chi connectivity index (χ2n) is 7.33. The first kappa shape index (κ1) is 26.4. The second kappa shape index (κ2) is 17.4. The van der Waals surface area contributed by atoms with Gasteiger partial charge >= 0.3 is 5.97 Å². The zero-order valence-electron chi connectivity index (χ0n) is 18.3. The van der Waals surface area contributed by atoms with Crippen LogP contribution < -0.4 is 0 Å². The molecule has 0 aliphatic carbocycles. The van der Waals surface area contributed by atoms with Crippen molar-refractivity contribution >= 4 is 5.97 Å². The van der Waals surface area contributed by atoms with E-state index in [1.807, 2.05) is 0 Å². The van der Waals surface area contributed by atoms with Crippen molar-refractivity contribution in [2.75, 3.05) is 19.8 Å². The molecule has 0 radical (unpaired) electrons. The van der Waals surface area contributed by atoms with Crippen molar-refractivity contribution in [3.05, 3.63) is 0 Å². The summed E-state index contributed by atoms with van der Waals surface area (Å²) < 4.78 is 18.4. The summed E-state index contributed by atoms with van der Waals surface area (Å²) in [5.74, 6) is -1.95. The minimum Gasteiger partial charge on any atom is -0.481 e. The molecule has 0 aromatic heterocycles. The van der Waals surface area contributed by atoms with E-state index in [-0.39, 0.29) is 12.3 Å². The van der Waals surface area contributed by atoms with Crippen LogP contribution in [0, 0.1) is 5.92 Å². The lowest BCUT2D eigenvalue weighted by molar-refractivity contribution is -0.406. The molecule has 0 aromatic rings. The topological polar surface area (TPSA) is 65.0 Å². The van der Waals surface area contributed by atoms with Gasteiger partial charge in [0.05, 0.1) is 19.8 Å². The number of aliphatic carboxylic acids is 1. The van der Waals surface area contributed by atoms with E-state index >= 15 is 0 Å². The van der Waals surface area contributed by atoms with Crippen LogP contribution >= 0.6 is 0 Å². The molecule has 0 spiro atoms. The van der Waals surface area contributed by atoms with E-state index in [9.17, 15) is 9.90 Å². The molecule has 0 fully saturated rings. The minimum atomic E-state index is -1.11. The fourth-order valence-corrected chi connectivity index (χ4v) is 3.18. The fourth-order valence-electron chi connectivity index (χ4n) is 3.18. The zero-order chi connectivity index (χ0) is 20.4. The van der Waals surface area contributed by atoms with Crippen molar-refractivity contribution in [2.24, 2.45) is 5.92 Å². The lowest BCUT2D eigenvalue weighted by Gasteiger charge is -2.39. The standard InChI is InChI=1S/C22H44O5/c1-5-9-10-11-12-13-14-20(15-16-21(23)24)22(25-17-6-2,26-18-7-3)27-19-8-4/h20H,5-19H2,1-4H3,(H,23,24). The predicted molar refractivity (Wildman–Crippen MR) is 110 cm³/mol. The van der Waals surface area contributed by atoms with Crippen molar-refractivity contribution in [2.45, 2.75) is 111 Å². The Morgan fingerprint density at radius 1 is 0.741 bits per heavy atom. The van der Waals surface area contributed by atoms with E-state index in [4.69, 9.17) is 14.2 Å². The molecule has 27 heavy (non-hydrogen) atoms. The molecule has 5 nitrogen and oxygen atoms in total. The third-order valence-corrected chi connectivity index (χ3v) is 4.63. The van der Waals surface area contributed by atoms with Crippen LogP contribution in [-0.4, -0.2) is 36.9 Å². The molecule has 0 aromatic carbocycles. The smallest absolute Gasteiger partial charge is 0.303 e. The van der Waals surface area contributed by atoms with Gasteiger partial charge in [-0.2, -0.15) is 0 Å². The van der Waals surface area contributed by atoms with Crippen molar-refractivity contribution in [3.8, 4) is 0 Å². The highest BCUT2D eigenvalue weighted by Gasteiger charge is 2.42. The second-order valence-corrected chi connectivity index (χ2v) is 7.33. The van der Waals surface area contributed by atoms with E-state index < -0.39 is 11.9 Å². The van der Waals surface area contributed by atoms with Crippen LogP contribution in [0.25, 0.3) is 0 Å². The number of carboxylic acids is 1. The highest BCUT2D eigenvalue weighted by molar-refractivity contribution is 5.66. The number of rotatable bonds is 20. The van der Waals surface area contributed by atoms with Crippen LogP contribution in [0.3, 0.4) is 0 Å². The molecule has 1 unspecified atom stereocenters. The van der Waals surface area contributed by atoms with E-state index in [1.54, 1.807) is 0 Å². The van der Waals surface area contributed by atoms with Gasteiger partial charge in [0, 0.05) is 12.3 Å². The van der Waals surface area contributed by atoms with E-state index in [0.717, 1.165) is 38.5 Å². The van der Waals surface area contributed by atoms with Crippen LogP contribution in [0.15, 0.2) is 0 Å². The molecule has 5 heteroatoms. The highest BCUT2D eigenvalue weighted by Crippen LogP contribution is 2.34. The average molecular weight is 389 g/mol. The van der Waals surface area contributed by atoms with Crippen LogP contribution in [0.2, 0.25) is 0 Å². The van der Waals surface area contributed by atoms with Gasteiger partial charge in [-0.05, 0) is 32.1 Å². The summed E-state index contributed by atoms with van der Waals surface area (Å²) in [6.45, 7) is 10.0. The molecular weight excluding hydrogens is 344 g/mol. The summed E-state index contributed by atoms with van der Waals surface area (Å²) in [7, 11) is 0. The lowest BCUT2D eigenvalue weighted by atomic mass is 9.92. The number of unbranched alkanes of at least 4 members (excludes halogenated alkanes) is 5. The Kier molecular flexibility index (Phi) is 17.0. The number of ether oxygens (including phenoxy) is 3. The molecule has 0 heterocycles. The monoisotopic (exact) mass is 388 g/mol. The molecule has 0 aliphatic rings. The summed E-state index contributed by atoms with van der Waals surface area (Å²) in [5.41, 5.74) is 0. The molecule has 0 saturated heterocycles. The fraction of sp³-hybridized carbons (Fsp3) is 0.955. The molecule has 1 N–H and O–H groups in total. The SMILES string of the molecule is CCCCCCCCC(CCC(=O)O)C(OCCC)(OCCC)OCCC.